The van der Waals surface area contributed by atoms with Crippen LogP contribution in [0.2, 0.25) is 0 Å². The summed E-state index contributed by atoms with van der Waals surface area (Å²) >= 11 is 1.55. The van der Waals surface area contributed by atoms with Gasteiger partial charge in [-0.2, -0.15) is 0 Å². The van der Waals surface area contributed by atoms with Gasteiger partial charge in [-0.25, -0.2) is 0 Å². The Bertz CT molecular complexity index is 418. The molecule has 1 amide bonds. The first kappa shape index (κ1) is 17.1. The van der Waals surface area contributed by atoms with E-state index < -0.39 is 0 Å². The second-order valence-electron chi connectivity index (χ2n) is 6.01. The maximum absolute atomic E-state index is 12.1. The third-order valence-electron chi connectivity index (χ3n) is 3.01. The summed E-state index contributed by atoms with van der Waals surface area (Å²) in [6.45, 7) is 8.37. The fourth-order valence-electron chi connectivity index (χ4n) is 2.10. The van der Waals surface area contributed by atoms with Crippen molar-refractivity contribution in [3.63, 3.8) is 0 Å². The largest absolute Gasteiger partial charge is 0.393 e. The molecule has 2 N–H and O–H groups in total. The summed E-state index contributed by atoms with van der Waals surface area (Å²) in [5.41, 5.74) is -0.0963. The number of hydrogen-bond donors (Lipinski definition) is 2. The molecule has 0 radical (unpaired) electrons. The molecule has 0 bridgehead atoms. The standard InChI is InChI=1S/C16H25NO2S/c1-12(18)10-16(3,4)11-17-15(19)13(2)20-14-8-6-5-7-9-14/h5-9,12-13,18H,10-11H2,1-4H3,(H,17,19). The molecule has 1 aromatic carbocycles. The van der Waals surface area contributed by atoms with Crippen molar-refractivity contribution in [3.05, 3.63) is 30.3 Å². The van der Waals surface area contributed by atoms with Gasteiger partial charge in [0.15, 0.2) is 0 Å². The molecule has 0 aliphatic rings. The van der Waals surface area contributed by atoms with Gasteiger partial charge < -0.3 is 10.4 Å². The van der Waals surface area contributed by atoms with Crippen LogP contribution in [0, 0.1) is 5.41 Å². The number of carbonyl (C=O) groups is 1. The number of carbonyl (C=O) groups excluding carboxylic acids is 1. The van der Waals surface area contributed by atoms with Gasteiger partial charge in [0.05, 0.1) is 11.4 Å². The molecular formula is C16H25NO2S. The third kappa shape index (κ3) is 6.44. The highest BCUT2D eigenvalue weighted by Gasteiger charge is 2.22. The minimum atomic E-state index is -0.349. The van der Waals surface area contributed by atoms with Gasteiger partial charge in [-0.05, 0) is 37.8 Å². The molecule has 2 unspecified atom stereocenters. The zero-order valence-corrected chi connectivity index (χ0v) is 13.5. The van der Waals surface area contributed by atoms with Crippen molar-refractivity contribution in [2.45, 2.75) is 50.4 Å². The molecule has 1 rings (SSSR count). The molecule has 20 heavy (non-hydrogen) atoms. The molecule has 0 saturated carbocycles. The summed E-state index contributed by atoms with van der Waals surface area (Å²) in [7, 11) is 0. The van der Waals surface area contributed by atoms with Gasteiger partial charge >= 0.3 is 0 Å². The molecule has 4 heteroatoms. The zero-order chi connectivity index (χ0) is 15.2. The molecule has 1 aromatic rings. The topological polar surface area (TPSA) is 49.3 Å². The summed E-state index contributed by atoms with van der Waals surface area (Å²) in [6, 6.07) is 9.92. The number of rotatable bonds is 7. The van der Waals surface area contributed by atoms with E-state index in [0.717, 1.165) is 4.90 Å². The fourth-order valence-corrected chi connectivity index (χ4v) is 3.01. The van der Waals surface area contributed by atoms with Crippen molar-refractivity contribution in [2.75, 3.05) is 6.54 Å². The Kier molecular flexibility index (Phi) is 6.56. The summed E-state index contributed by atoms with van der Waals surface area (Å²) in [5.74, 6) is 0.0394. The first-order valence-electron chi connectivity index (χ1n) is 6.98. The second-order valence-corrected chi connectivity index (χ2v) is 7.42. The maximum atomic E-state index is 12.1. The second kappa shape index (κ2) is 7.70. The van der Waals surface area contributed by atoms with Crippen molar-refractivity contribution in [2.24, 2.45) is 5.41 Å². The van der Waals surface area contributed by atoms with Gasteiger partial charge in [-0.15, -0.1) is 11.8 Å². The van der Waals surface area contributed by atoms with Crippen LogP contribution in [0.1, 0.15) is 34.1 Å². The molecule has 0 heterocycles. The molecular weight excluding hydrogens is 270 g/mol. The lowest BCUT2D eigenvalue weighted by molar-refractivity contribution is -0.120. The Balaban J connectivity index is 2.42. The molecule has 0 saturated heterocycles. The van der Waals surface area contributed by atoms with E-state index in [4.69, 9.17) is 0 Å². The number of hydrogen-bond acceptors (Lipinski definition) is 3. The molecule has 2 atom stereocenters. The predicted molar refractivity (Wildman–Crippen MR) is 84.8 cm³/mol. The monoisotopic (exact) mass is 295 g/mol. The van der Waals surface area contributed by atoms with Gasteiger partial charge in [0.25, 0.3) is 0 Å². The minimum absolute atomic E-state index is 0.0394. The number of aliphatic hydroxyl groups is 1. The lowest BCUT2D eigenvalue weighted by atomic mass is 9.87. The molecule has 0 spiro atoms. The predicted octanol–water partition coefficient (Wildman–Crippen LogP) is 3.08. The van der Waals surface area contributed by atoms with Crippen molar-refractivity contribution >= 4 is 17.7 Å². The Morgan fingerprint density at radius 1 is 1.30 bits per heavy atom. The van der Waals surface area contributed by atoms with Gasteiger partial charge in [-0.3, -0.25) is 4.79 Å². The number of benzene rings is 1. The maximum Gasteiger partial charge on any atom is 0.233 e. The zero-order valence-electron chi connectivity index (χ0n) is 12.7. The Morgan fingerprint density at radius 2 is 1.90 bits per heavy atom. The number of thioether (sulfide) groups is 1. The third-order valence-corrected chi connectivity index (χ3v) is 4.13. The fraction of sp³-hybridized carbons (Fsp3) is 0.562. The Morgan fingerprint density at radius 3 is 2.45 bits per heavy atom. The van der Waals surface area contributed by atoms with E-state index in [-0.39, 0.29) is 22.7 Å². The number of aliphatic hydroxyl groups excluding tert-OH is 1. The lowest BCUT2D eigenvalue weighted by Crippen LogP contribution is -2.39. The van der Waals surface area contributed by atoms with Crippen LogP contribution in [0.3, 0.4) is 0 Å². The summed E-state index contributed by atoms with van der Waals surface area (Å²) in [5, 5.41) is 12.3. The lowest BCUT2D eigenvalue weighted by Gasteiger charge is -2.27. The van der Waals surface area contributed by atoms with Crippen molar-refractivity contribution in [1.82, 2.24) is 5.32 Å². The van der Waals surface area contributed by atoms with Crippen LogP contribution in [-0.4, -0.2) is 28.9 Å². The van der Waals surface area contributed by atoms with E-state index in [0.29, 0.717) is 13.0 Å². The summed E-state index contributed by atoms with van der Waals surface area (Å²) in [4.78, 5) is 13.2. The summed E-state index contributed by atoms with van der Waals surface area (Å²) < 4.78 is 0. The van der Waals surface area contributed by atoms with E-state index in [1.165, 1.54) is 0 Å². The van der Waals surface area contributed by atoms with Gasteiger partial charge in [0.2, 0.25) is 5.91 Å². The van der Waals surface area contributed by atoms with Crippen LogP contribution in [-0.2, 0) is 4.79 Å². The van der Waals surface area contributed by atoms with E-state index >= 15 is 0 Å². The van der Waals surface area contributed by atoms with Crippen LogP contribution < -0.4 is 5.32 Å². The normalized spacial score (nSPS) is 14.7. The highest BCUT2D eigenvalue weighted by atomic mass is 32.2. The first-order valence-corrected chi connectivity index (χ1v) is 7.85. The average molecular weight is 295 g/mol. The molecule has 0 fully saturated rings. The molecule has 0 aliphatic carbocycles. The smallest absolute Gasteiger partial charge is 0.233 e. The SMILES string of the molecule is CC(O)CC(C)(C)CNC(=O)C(C)Sc1ccccc1. The summed E-state index contributed by atoms with van der Waals surface area (Å²) in [6.07, 6.45) is 0.325. The average Bonchev–Trinajstić information content (AvgIpc) is 2.35. The quantitative estimate of drug-likeness (QED) is 0.760. The molecule has 112 valence electrons. The highest BCUT2D eigenvalue weighted by molar-refractivity contribution is 8.00. The molecule has 0 aromatic heterocycles. The first-order chi connectivity index (χ1) is 9.30. The van der Waals surface area contributed by atoms with Gasteiger partial charge in [0.1, 0.15) is 0 Å². The van der Waals surface area contributed by atoms with Crippen LogP contribution in [0.4, 0.5) is 0 Å². The molecule has 3 nitrogen and oxygen atoms in total. The van der Waals surface area contributed by atoms with Crippen LogP contribution in [0.15, 0.2) is 35.2 Å². The van der Waals surface area contributed by atoms with Crippen molar-refractivity contribution in [3.8, 4) is 0 Å². The van der Waals surface area contributed by atoms with Crippen molar-refractivity contribution in [1.29, 1.82) is 0 Å². The van der Waals surface area contributed by atoms with E-state index in [1.54, 1.807) is 18.7 Å². The van der Waals surface area contributed by atoms with Gasteiger partial charge in [-0.1, -0.05) is 32.0 Å². The number of amides is 1. The van der Waals surface area contributed by atoms with Crippen molar-refractivity contribution < 1.29 is 9.90 Å². The minimum Gasteiger partial charge on any atom is -0.393 e. The van der Waals surface area contributed by atoms with Gasteiger partial charge in [0, 0.05) is 11.4 Å². The molecule has 0 aliphatic heterocycles. The highest BCUT2D eigenvalue weighted by Crippen LogP contribution is 2.24. The van der Waals surface area contributed by atoms with Crippen LogP contribution in [0.5, 0.6) is 0 Å². The van der Waals surface area contributed by atoms with E-state index in [9.17, 15) is 9.90 Å². The van der Waals surface area contributed by atoms with E-state index in [1.807, 2.05) is 37.3 Å². The Hall–Kier alpha value is -1.00. The van der Waals surface area contributed by atoms with Crippen LogP contribution >= 0.6 is 11.8 Å². The Labute approximate surface area is 126 Å². The number of nitrogens with one attached hydrogen (secondary N) is 1. The van der Waals surface area contributed by atoms with Crippen LogP contribution in [0.25, 0.3) is 0 Å². The van der Waals surface area contributed by atoms with E-state index in [2.05, 4.69) is 19.2 Å².